The lowest BCUT2D eigenvalue weighted by atomic mass is 10.1. The molecule has 19 heavy (non-hydrogen) atoms. The molecule has 0 saturated carbocycles. The summed E-state index contributed by atoms with van der Waals surface area (Å²) in [6, 6.07) is 5.47. The van der Waals surface area contributed by atoms with Crippen molar-refractivity contribution in [2.75, 3.05) is 6.61 Å². The summed E-state index contributed by atoms with van der Waals surface area (Å²) >= 11 is 1.21. The van der Waals surface area contributed by atoms with E-state index in [1.165, 1.54) is 11.5 Å². The summed E-state index contributed by atoms with van der Waals surface area (Å²) in [6.07, 6.45) is 0. The average Bonchev–Trinajstić information content (AvgIpc) is 2.79. The van der Waals surface area contributed by atoms with Gasteiger partial charge in [0.2, 0.25) is 5.43 Å². The number of ether oxygens (including phenoxy) is 1. The summed E-state index contributed by atoms with van der Waals surface area (Å²) in [5.74, 6) is 0.704. The highest BCUT2D eigenvalue weighted by Gasteiger charge is 2.24. The van der Waals surface area contributed by atoms with Crippen LogP contribution in [0.2, 0.25) is 0 Å². The van der Waals surface area contributed by atoms with Crippen molar-refractivity contribution >= 4 is 32.7 Å². The molecule has 0 fully saturated rings. The molecule has 0 saturated heterocycles. The maximum Gasteiger partial charge on any atom is 0.271 e. The summed E-state index contributed by atoms with van der Waals surface area (Å²) in [6.45, 7) is 2.56. The van der Waals surface area contributed by atoms with Crippen molar-refractivity contribution in [2.24, 2.45) is 0 Å². The predicted octanol–water partition coefficient (Wildman–Crippen LogP) is 1.86. The van der Waals surface area contributed by atoms with Crippen LogP contribution in [-0.4, -0.2) is 15.5 Å². The smallest absolute Gasteiger partial charge is 0.271 e. The van der Waals surface area contributed by atoms with Crippen molar-refractivity contribution in [3.63, 3.8) is 0 Å². The Kier molecular flexibility index (Phi) is 1.98. The van der Waals surface area contributed by atoms with Crippen LogP contribution in [0, 0.1) is 0 Å². The third-order valence-corrected chi connectivity index (χ3v) is 4.41. The number of hydrogen-bond donors (Lipinski definition) is 1. The Morgan fingerprint density at radius 1 is 1.42 bits per heavy atom. The molecule has 2 aromatic heterocycles. The predicted molar refractivity (Wildman–Crippen MR) is 74.4 cm³/mol. The van der Waals surface area contributed by atoms with Crippen molar-refractivity contribution in [3.05, 3.63) is 38.8 Å². The highest BCUT2D eigenvalue weighted by Crippen LogP contribution is 2.34. The first kappa shape index (κ1) is 10.8. The largest absolute Gasteiger partial charge is 0.489 e. The lowest BCUT2D eigenvalue weighted by Crippen LogP contribution is -2.24. The monoisotopic (exact) mass is 274 g/mol. The first-order valence-corrected chi connectivity index (χ1v) is 6.81. The number of pyridine rings is 1. The number of nitrogens with zero attached hydrogens (tertiary/aromatic N) is 1. The molecule has 0 spiro atoms. The molecule has 4 rings (SSSR count). The molecular formula is C13H10N2O3S. The number of para-hydroxylation sites is 1. The van der Waals surface area contributed by atoms with Crippen LogP contribution in [0.4, 0.5) is 0 Å². The third kappa shape index (κ3) is 1.24. The molecule has 0 amide bonds. The molecule has 3 heterocycles. The van der Waals surface area contributed by atoms with Crippen LogP contribution in [0.15, 0.2) is 27.8 Å². The highest BCUT2D eigenvalue weighted by atomic mass is 32.1. The van der Waals surface area contributed by atoms with Gasteiger partial charge in [-0.25, -0.2) is 0 Å². The second kappa shape index (κ2) is 3.48. The van der Waals surface area contributed by atoms with Gasteiger partial charge in [-0.05, 0) is 30.6 Å². The second-order valence-electron chi connectivity index (χ2n) is 4.72. The first-order chi connectivity index (χ1) is 9.18. The number of aromatic nitrogens is 2. The summed E-state index contributed by atoms with van der Waals surface area (Å²) in [5, 5.41) is 0.795. The number of hydrogen-bond acceptors (Lipinski definition) is 4. The van der Waals surface area contributed by atoms with Crippen molar-refractivity contribution in [3.8, 4) is 5.75 Å². The minimum Gasteiger partial charge on any atom is -0.489 e. The standard InChI is InChI=1S/C13H10N2O3S/c1-6-5-18-8-4-2-3-7-10(8)15(6)13-9(11(7)16)12(17)14-19-13/h2-4,6H,5H2,1H3,(H,14,17). The molecular weight excluding hydrogens is 264 g/mol. The molecule has 0 radical (unpaired) electrons. The molecule has 5 nitrogen and oxygen atoms in total. The van der Waals surface area contributed by atoms with Gasteiger partial charge in [0.15, 0.2) is 0 Å². The Morgan fingerprint density at radius 2 is 2.26 bits per heavy atom. The van der Waals surface area contributed by atoms with Gasteiger partial charge >= 0.3 is 0 Å². The van der Waals surface area contributed by atoms with Gasteiger partial charge in [-0.2, -0.15) is 0 Å². The Labute approximate surface area is 111 Å². The lowest BCUT2D eigenvalue weighted by molar-refractivity contribution is 0.251. The quantitative estimate of drug-likeness (QED) is 0.680. The fourth-order valence-electron chi connectivity index (χ4n) is 2.68. The molecule has 1 atom stereocenters. The minimum atomic E-state index is -0.306. The molecule has 0 bridgehead atoms. The van der Waals surface area contributed by atoms with E-state index in [1.807, 2.05) is 17.6 Å². The van der Waals surface area contributed by atoms with Gasteiger partial charge in [-0.3, -0.25) is 14.0 Å². The Hall–Kier alpha value is -2.08. The zero-order valence-corrected chi connectivity index (χ0v) is 10.9. The lowest BCUT2D eigenvalue weighted by Gasteiger charge is -2.26. The van der Waals surface area contributed by atoms with Crippen LogP contribution in [0.3, 0.4) is 0 Å². The zero-order valence-electron chi connectivity index (χ0n) is 10.1. The fourth-order valence-corrected chi connectivity index (χ4v) is 3.62. The normalized spacial score (nSPS) is 17.8. The molecule has 1 unspecified atom stereocenters. The van der Waals surface area contributed by atoms with Crippen LogP contribution >= 0.6 is 11.5 Å². The molecule has 96 valence electrons. The number of H-pyrrole nitrogens is 1. The second-order valence-corrected chi connectivity index (χ2v) is 5.52. The van der Waals surface area contributed by atoms with Crippen molar-refractivity contribution in [2.45, 2.75) is 13.0 Å². The summed E-state index contributed by atoms with van der Waals surface area (Å²) in [5.41, 5.74) is 0.261. The van der Waals surface area contributed by atoms with E-state index < -0.39 is 0 Å². The van der Waals surface area contributed by atoms with Gasteiger partial charge in [-0.1, -0.05) is 6.07 Å². The summed E-state index contributed by atoms with van der Waals surface area (Å²) in [7, 11) is 0. The molecule has 1 aromatic carbocycles. The molecule has 1 N–H and O–H groups in total. The van der Waals surface area contributed by atoms with E-state index in [0.29, 0.717) is 22.6 Å². The van der Waals surface area contributed by atoms with E-state index in [4.69, 9.17) is 4.74 Å². The highest BCUT2D eigenvalue weighted by molar-refractivity contribution is 7.12. The number of rotatable bonds is 0. The molecule has 3 aromatic rings. The number of fused-ring (bicyclic) bond motifs is 2. The van der Waals surface area contributed by atoms with Crippen LogP contribution < -0.4 is 15.7 Å². The topological polar surface area (TPSA) is 64.1 Å². The number of nitrogens with one attached hydrogen (secondary N) is 1. The van der Waals surface area contributed by atoms with Gasteiger partial charge in [-0.15, -0.1) is 0 Å². The van der Waals surface area contributed by atoms with Crippen molar-refractivity contribution in [1.82, 2.24) is 8.94 Å². The van der Waals surface area contributed by atoms with Crippen molar-refractivity contribution in [1.29, 1.82) is 0 Å². The molecule has 1 aliphatic heterocycles. The van der Waals surface area contributed by atoms with Crippen LogP contribution in [-0.2, 0) is 0 Å². The fraction of sp³-hybridized carbons (Fsp3) is 0.231. The number of aromatic amines is 1. The van der Waals surface area contributed by atoms with E-state index >= 15 is 0 Å². The van der Waals surface area contributed by atoms with E-state index in [1.54, 1.807) is 12.1 Å². The first-order valence-electron chi connectivity index (χ1n) is 5.99. The van der Waals surface area contributed by atoms with Crippen LogP contribution in [0.1, 0.15) is 13.0 Å². The minimum absolute atomic E-state index is 0.0898. The van der Waals surface area contributed by atoms with E-state index in [9.17, 15) is 9.59 Å². The van der Waals surface area contributed by atoms with Gasteiger partial charge < -0.3 is 9.30 Å². The Bertz CT molecular complexity index is 935. The summed E-state index contributed by atoms with van der Waals surface area (Å²) in [4.78, 5) is 25.0. The maximum absolute atomic E-state index is 12.4. The van der Waals surface area contributed by atoms with Gasteiger partial charge in [0.05, 0.1) is 16.9 Å². The third-order valence-electron chi connectivity index (χ3n) is 3.53. The van der Waals surface area contributed by atoms with E-state index in [0.717, 1.165) is 5.52 Å². The molecule has 6 heteroatoms. The van der Waals surface area contributed by atoms with Gasteiger partial charge in [0, 0.05) is 0 Å². The van der Waals surface area contributed by atoms with Crippen LogP contribution in [0.25, 0.3) is 21.1 Å². The van der Waals surface area contributed by atoms with Crippen molar-refractivity contribution < 1.29 is 4.74 Å². The number of benzene rings is 1. The van der Waals surface area contributed by atoms with Gasteiger partial charge in [0.1, 0.15) is 22.6 Å². The van der Waals surface area contributed by atoms with Crippen LogP contribution in [0.5, 0.6) is 5.75 Å². The average molecular weight is 274 g/mol. The Balaban J connectivity index is 2.43. The zero-order chi connectivity index (χ0) is 13.1. The van der Waals surface area contributed by atoms with Gasteiger partial charge in [0.25, 0.3) is 5.56 Å². The maximum atomic E-state index is 12.4. The van der Waals surface area contributed by atoms with E-state index in [-0.39, 0.29) is 22.4 Å². The SMILES string of the molecule is CC1COc2cccc3c(=O)c4c(=O)[nH]sc4n1c23. The van der Waals surface area contributed by atoms with E-state index in [2.05, 4.69) is 4.37 Å². The summed E-state index contributed by atoms with van der Waals surface area (Å²) < 4.78 is 10.4. The molecule has 0 aliphatic carbocycles. The Morgan fingerprint density at radius 3 is 3.11 bits per heavy atom. The molecule has 1 aliphatic rings.